The van der Waals surface area contributed by atoms with E-state index in [0.717, 1.165) is 0 Å². The molecule has 0 saturated heterocycles. The van der Waals surface area contributed by atoms with Crippen LogP contribution in [-0.2, 0) is 11.2 Å². The Morgan fingerprint density at radius 1 is 1.60 bits per heavy atom. The monoisotopic (exact) mass is 230 g/mol. The molecule has 0 aliphatic carbocycles. The molecular formula is C11H12ClFO2. The van der Waals surface area contributed by atoms with Crippen molar-refractivity contribution in [2.24, 2.45) is 0 Å². The highest BCUT2D eigenvalue weighted by atomic mass is 35.5. The summed E-state index contributed by atoms with van der Waals surface area (Å²) < 4.78 is 13.0. The molecule has 1 aromatic carbocycles. The smallest absolute Gasteiger partial charge is 0.165 e. The van der Waals surface area contributed by atoms with Crippen molar-refractivity contribution >= 4 is 17.4 Å². The summed E-state index contributed by atoms with van der Waals surface area (Å²) in [5.74, 6) is -0.891. The molecule has 1 aromatic rings. The number of ketones is 1. The molecule has 82 valence electrons. The Balaban J connectivity index is 2.81. The molecule has 1 unspecified atom stereocenters. The Bertz CT molecular complexity index is 366. The lowest BCUT2D eigenvalue weighted by Gasteiger charge is -2.08. The highest BCUT2D eigenvalue weighted by Crippen LogP contribution is 2.20. The molecule has 0 heterocycles. The molecule has 0 radical (unpaired) electrons. The Morgan fingerprint density at radius 2 is 2.27 bits per heavy atom. The van der Waals surface area contributed by atoms with Gasteiger partial charge in [-0.25, -0.2) is 4.39 Å². The summed E-state index contributed by atoms with van der Waals surface area (Å²) in [5, 5.41) is 9.21. The van der Waals surface area contributed by atoms with Gasteiger partial charge in [-0.15, -0.1) is 0 Å². The minimum absolute atomic E-state index is 0.0361. The van der Waals surface area contributed by atoms with Crippen LogP contribution in [0.1, 0.15) is 18.9 Å². The third kappa shape index (κ3) is 3.01. The molecule has 2 nitrogen and oxygen atoms in total. The standard InChI is InChI=1S/C11H12ClFO2/c1-2-9(14)10(15)6-7-4-3-5-8(13)11(7)12/h3-5,9,14H,2,6H2,1H3. The first-order valence-corrected chi connectivity index (χ1v) is 5.07. The van der Waals surface area contributed by atoms with E-state index in [0.29, 0.717) is 12.0 Å². The summed E-state index contributed by atoms with van der Waals surface area (Å²) >= 11 is 5.68. The van der Waals surface area contributed by atoms with E-state index in [4.69, 9.17) is 11.6 Å². The molecule has 0 bridgehead atoms. The van der Waals surface area contributed by atoms with Crippen LogP contribution in [0.25, 0.3) is 0 Å². The van der Waals surface area contributed by atoms with Gasteiger partial charge < -0.3 is 5.11 Å². The van der Waals surface area contributed by atoms with E-state index in [1.54, 1.807) is 13.0 Å². The zero-order valence-electron chi connectivity index (χ0n) is 8.34. The van der Waals surface area contributed by atoms with Crippen LogP contribution < -0.4 is 0 Å². The number of carbonyl (C=O) groups is 1. The maximum Gasteiger partial charge on any atom is 0.165 e. The molecule has 0 spiro atoms. The molecule has 1 rings (SSSR count). The van der Waals surface area contributed by atoms with Crippen LogP contribution in [-0.4, -0.2) is 17.0 Å². The Morgan fingerprint density at radius 3 is 2.87 bits per heavy atom. The van der Waals surface area contributed by atoms with Crippen molar-refractivity contribution < 1.29 is 14.3 Å². The lowest BCUT2D eigenvalue weighted by molar-refractivity contribution is -0.126. The van der Waals surface area contributed by atoms with E-state index in [9.17, 15) is 14.3 Å². The molecule has 0 aliphatic rings. The molecule has 4 heteroatoms. The summed E-state index contributed by atoms with van der Waals surface area (Å²) in [6.45, 7) is 1.70. The zero-order chi connectivity index (χ0) is 11.4. The minimum Gasteiger partial charge on any atom is -0.385 e. The Hall–Kier alpha value is -0.930. The fourth-order valence-corrected chi connectivity index (χ4v) is 1.41. The first-order chi connectivity index (χ1) is 7.06. The molecule has 0 saturated carbocycles. The summed E-state index contributed by atoms with van der Waals surface area (Å²) in [4.78, 5) is 11.4. The number of rotatable bonds is 4. The summed E-state index contributed by atoms with van der Waals surface area (Å²) in [6, 6.07) is 4.29. The quantitative estimate of drug-likeness (QED) is 0.862. The molecule has 0 aliphatic heterocycles. The van der Waals surface area contributed by atoms with Crippen molar-refractivity contribution in [1.29, 1.82) is 0 Å². The van der Waals surface area contributed by atoms with E-state index in [1.165, 1.54) is 12.1 Å². The van der Waals surface area contributed by atoms with Crippen molar-refractivity contribution in [2.75, 3.05) is 0 Å². The van der Waals surface area contributed by atoms with Gasteiger partial charge in [0, 0.05) is 6.42 Å². The van der Waals surface area contributed by atoms with Gasteiger partial charge in [-0.3, -0.25) is 4.79 Å². The SMILES string of the molecule is CCC(O)C(=O)Cc1cccc(F)c1Cl. The highest BCUT2D eigenvalue weighted by Gasteiger charge is 2.15. The Labute approximate surface area is 92.7 Å². The third-order valence-corrected chi connectivity index (χ3v) is 2.58. The second-order valence-electron chi connectivity index (χ2n) is 3.28. The van der Waals surface area contributed by atoms with Crippen LogP contribution in [0.4, 0.5) is 4.39 Å². The van der Waals surface area contributed by atoms with E-state index in [-0.39, 0.29) is 17.2 Å². The minimum atomic E-state index is -0.996. The van der Waals surface area contributed by atoms with Crippen molar-refractivity contribution in [3.05, 3.63) is 34.6 Å². The third-order valence-electron chi connectivity index (χ3n) is 2.15. The lowest BCUT2D eigenvalue weighted by atomic mass is 10.0. The lowest BCUT2D eigenvalue weighted by Crippen LogP contribution is -2.21. The Kier molecular flexibility index (Phi) is 4.24. The van der Waals surface area contributed by atoms with Gasteiger partial charge in [0.2, 0.25) is 0 Å². The average molecular weight is 231 g/mol. The van der Waals surface area contributed by atoms with E-state index in [1.807, 2.05) is 0 Å². The van der Waals surface area contributed by atoms with Crippen molar-refractivity contribution in [1.82, 2.24) is 0 Å². The second-order valence-corrected chi connectivity index (χ2v) is 3.66. The van der Waals surface area contributed by atoms with Crippen LogP contribution in [0.15, 0.2) is 18.2 Å². The second kappa shape index (κ2) is 5.24. The first kappa shape index (κ1) is 12.1. The number of carbonyl (C=O) groups excluding carboxylic acids is 1. The van der Waals surface area contributed by atoms with Crippen molar-refractivity contribution in [2.45, 2.75) is 25.9 Å². The summed E-state index contributed by atoms with van der Waals surface area (Å²) in [5.41, 5.74) is 0.411. The topological polar surface area (TPSA) is 37.3 Å². The maximum absolute atomic E-state index is 13.0. The van der Waals surface area contributed by atoms with Crippen LogP contribution in [0, 0.1) is 5.82 Å². The molecule has 0 aromatic heterocycles. The molecule has 1 atom stereocenters. The number of aliphatic hydroxyl groups is 1. The van der Waals surface area contributed by atoms with Gasteiger partial charge in [-0.05, 0) is 18.1 Å². The number of Topliss-reactive ketones (excluding diaryl/α,β-unsaturated/α-hetero) is 1. The number of halogens is 2. The summed E-state index contributed by atoms with van der Waals surface area (Å²) in [7, 11) is 0. The number of benzene rings is 1. The van der Waals surface area contributed by atoms with Gasteiger partial charge in [0.25, 0.3) is 0 Å². The van der Waals surface area contributed by atoms with Gasteiger partial charge in [-0.2, -0.15) is 0 Å². The van der Waals surface area contributed by atoms with Crippen LogP contribution in [0.3, 0.4) is 0 Å². The van der Waals surface area contributed by atoms with Crippen molar-refractivity contribution in [3.63, 3.8) is 0 Å². The summed E-state index contributed by atoms with van der Waals surface area (Å²) in [6.07, 6.45) is -0.679. The predicted molar refractivity (Wildman–Crippen MR) is 56.4 cm³/mol. The highest BCUT2D eigenvalue weighted by molar-refractivity contribution is 6.31. The van der Waals surface area contributed by atoms with Gasteiger partial charge >= 0.3 is 0 Å². The van der Waals surface area contributed by atoms with Gasteiger partial charge in [0.1, 0.15) is 11.9 Å². The van der Waals surface area contributed by atoms with Crippen molar-refractivity contribution in [3.8, 4) is 0 Å². The molecular weight excluding hydrogens is 219 g/mol. The van der Waals surface area contributed by atoms with Gasteiger partial charge in [0.15, 0.2) is 5.78 Å². The van der Waals surface area contributed by atoms with Gasteiger partial charge in [-0.1, -0.05) is 30.7 Å². The fourth-order valence-electron chi connectivity index (χ4n) is 1.22. The number of hydrogen-bond acceptors (Lipinski definition) is 2. The maximum atomic E-state index is 13.0. The average Bonchev–Trinajstić information content (AvgIpc) is 2.23. The van der Waals surface area contributed by atoms with Gasteiger partial charge in [0.05, 0.1) is 5.02 Å². The van der Waals surface area contributed by atoms with E-state index < -0.39 is 11.9 Å². The largest absolute Gasteiger partial charge is 0.385 e. The van der Waals surface area contributed by atoms with Crippen LogP contribution >= 0.6 is 11.6 Å². The molecule has 0 fully saturated rings. The van der Waals surface area contributed by atoms with E-state index in [2.05, 4.69) is 0 Å². The van der Waals surface area contributed by atoms with E-state index >= 15 is 0 Å². The molecule has 0 amide bonds. The first-order valence-electron chi connectivity index (χ1n) is 4.70. The predicted octanol–water partition coefficient (Wildman–Crippen LogP) is 2.36. The number of aliphatic hydroxyl groups excluding tert-OH is 1. The normalized spacial score (nSPS) is 12.5. The number of hydrogen-bond donors (Lipinski definition) is 1. The fraction of sp³-hybridized carbons (Fsp3) is 0.364. The zero-order valence-corrected chi connectivity index (χ0v) is 9.09. The molecule has 15 heavy (non-hydrogen) atoms. The van der Waals surface area contributed by atoms with Crippen LogP contribution in [0.2, 0.25) is 5.02 Å². The van der Waals surface area contributed by atoms with Crippen LogP contribution in [0.5, 0.6) is 0 Å². The molecule has 1 N–H and O–H groups in total.